The van der Waals surface area contributed by atoms with Crippen LogP contribution < -0.4 is 36.9 Å². The molecule has 65 valence electrons. The minimum atomic E-state index is 0. The summed E-state index contributed by atoms with van der Waals surface area (Å²) in [6, 6.07) is 0. The van der Waals surface area contributed by atoms with Crippen LogP contribution in [0, 0.1) is 0 Å². The molecule has 0 saturated carbocycles. The molecule has 0 fully saturated rings. The van der Waals surface area contributed by atoms with Crippen LogP contribution in [0.1, 0.15) is 0 Å². The predicted molar refractivity (Wildman–Crippen MR) is 40.5 cm³/mol. The zero-order valence-corrected chi connectivity index (χ0v) is 7.74. The van der Waals surface area contributed by atoms with Crippen LogP contribution in [0.4, 0.5) is 0 Å². The Hall–Kier alpha value is 0.746. The molecule has 8 heteroatoms. The third-order valence-electron chi connectivity index (χ3n) is 0. The van der Waals surface area contributed by atoms with Gasteiger partial charge in [-0.05, 0) is 0 Å². The van der Waals surface area contributed by atoms with E-state index in [-0.39, 0.29) is 70.7 Å². The Balaban J connectivity index is 0. The van der Waals surface area contributed by atoms with Gasteiger partial charge < -0.3 is 36.9 Å². The van der Waals surface area contributed by atoms with Crippen molar-refractivity contribution in [2.24, 2.45) is 0 Å². The smallest absolute Gasteiger partial charge is 0 e. The van der Waals surface area contributed by atoms with Crippen LogP contribution in [-0.4, -0.2) is 0 Å². The Labute approximate surface area is 71.0 Å². The average Bonchev–Trinajstić information content (AvgIpc) is 0. The summed E-state index contributed by atoms with van der Waals surface area (Å²) in [5.41, 5.74) is 0. The van der Waals surface area contributed by atoms with E-state index in [1.165, 1.54) is 0 Å². The molecule has 0 atom stereocenters. The zero-order valence-electron chi connectivity index (χ0n) is 4.98. The SMILES string of the molecule is Br.N.N.N.N.N.N.[Co]. The van der Waals surface area contributed by atoms with Crippen LogP contribution in [0.3, 0.4) is 0 Å². The van der Waals surface area contributed by atoms with Gasteiger partial charge >= 0.3 is 0 Å². The molecule has 6 nitrogen and oxygen atoms in total. The van der Waals surface area contributed by atoms with E-state index in [0.29, 0.717) is 0 Å². The van der Waals surface area contributed by atoms with Crippen molar-refractivity contribution in [1.29, 1.82) is 0 Å². The number of hydrogen-bond acceptors (Lipinski definition) is 6. The van der Waals surface area contributed by atoms with E-state index >= 15 is 0 Å². The third-order valence-corrected chi connectivity index (χ3v) is 0. The second-order valence-electron chi connectivity index (χ2n) is 0. The largest absolute Gasteiger partial charge is 0.344 e. The average molecular weight is 242 g/mol. The van der Waals surface area contributed by atoms with Gasteiger partial charge in [-0.2, -0.15) is 0 Å². The first-order chi connectivity index (χ1) is 0. The summed E-state index contributed by atoms with van der Waals surface area (Å²) < 4.78 is 0. The Morgan fingerprint density at radius 2 is 0.375 bits per heavy atom. The molecule has 0 spiro atoms. The fourth-order valence-corrected chi connectivity index (χ4v) is 0. The van der Waals surface area contributed by atoms with Crippen LogP contribution in [0.2, 0.25) is 0 Å². The molecule has 0 bridgehead atoms. The van der Waals surface area contributed by atoms with Crippen molar-refractivity contribution in [2.75, 3.05) is 0 Å². The van der Waals surface area contributed by atoms with Gasteiger partial charge in [0.05, 0.1) is 0 Å². The van der Waals surface area contributed by atoms with Crippen molar-refractivity contribution in [2.45, 2.75) is 0 Å². The zero-order chi connectivity index (χ0) is 0. The molecule has 0 aromatic rings. The maximum Gasteiger partial charge on any atom is 0 e. The molecular weight excluding hydrogens is 223 g/mol. The maximum absolute atomic E-state index is 0. The van der Waals surface area contributed by atoms with Crippen molar-refractivity contribution < 1.29 is 16.8 Å². The first-order valence-corrected chi connectivity index (χ1v) is 0. The molecule has 0 amide bonds. The van der Waals surface area contributed by atoms with Crippen LogP contribution in [-0.2, 0) is 16.8 Å². The first kappa shape index (κ1) is 942. The van der Waals surface area contributed by atoms with E-state index in [4.69, 9.17) is 0 Å². The van der Waals surface area contributed by atoms with Crippen molar-refractivity contribution in [1.82, 2.24) is 36.9 Å². The van der Waals surface area contributed by atoms with Crippen molar-refractivity contribution in [3.8, 4) is 0 Å². The third kappa shape index (κ3) is 400. The quantitative estimate of drug-likeness (QED) is 0.370. The summed E-state index contributed by atoms with van der Waals surface area (Å²) >= 11 is 0. The molecule has 0 rings (SSSR count). The van der Waals surface area contributed by atoms with Crippen molar-refractivity contribution in [3.05, 3.63) is 0 Å². The number of rotatable bonds is 0. The van der Waals surface area contributed by atoms with Crippen LogP contribution in [0.5, 0.6) is 0 Å². The fraction of sp³-hybridized carbons (Fsp3) is 0. The fourth-order valence-electron chi connectivity index (χ4n) is 0. The minimum absolute atomic E-state index is 0. The molecule has 0 saturated heterocycles. The van der Waals surface area contributed by atoms with Crippen LogP contribution >= 0.6 is 17.0 Å². The molecule has 0 heterocycles. The van der Waals surface area contributed by atoms with E-state index in [9.17, 15) is 0 Å². The Bertz CT molecular complexity index is 8.49. The van der Waals surface area contributed by atoms with Gasteiger partial charge in [0.2, 0.25) is 0 Å². The van der Waals surface area contributed by atoms with Crippen LogP contribution in [0.15, 0.2) is 0 Å². The molecular formula is H19BrCoN6. The molecule has 18 N–H and O–H groups in total. The standard InChI is InChI=1S/BrH.Co.6H3N/h1H;;6*1H3. The summed E-state index contributed by atoms with van der Waals surface area (Å²) in [6.07, 6.45) is 0. The van der Waals surface area contributed by atoms with E-state index in [0.717, 1.165) is 0 Å². The monoisotopic (exact) mass is 241 g/mol. The molecule has 0 aromatic heterocycles. The molecule has 0 aliphatic carbocycles. The summed E-state index contributed by atoms with van der Waals surface area (Å²) in [5, 5.41) is 0. The molecule has 0 unspecified atom stereocenters. The summed E-state index contributed by atoms with van der Waals surface area (Å²) in [4.78, 5) is 0. The van der Waals surface area contributed by atoms with Gasteiger partial charge in [-0.1, -0.05) is 0 Å². The number of halogens is 1. The topological polar surface area (TPSA) is 210 Å². The molecule has 0 aliphatic rings. The van der Waals surface area contributed by atoms with E-state index in [1.807, 2.05) is 0 Å². The van der Waals surface area contributed by atoms with Gasteiger partial charge in [0.15, 0.2) is 0 Å². The number of hydrogen-bond donors (Lipinski definition) is 6. The van der Waals surface area contributed by atoms with Gasteiger partial charge in [-0.3, -0.25) is 0 Å². The van der Waals surface area contributed by atoms with Crippen LogP contribution in [0.25, 0.3) is 0 Å². The van der Waals surface area contributed by atoms with E-state index in [1.54, 1.807) is 0 Å². The van der Waals surface area contributed by atoms with E-state index in [2.05, 4.69) is 0 Å². The maximum atomic E-state index is 0. The minimum Gasteiger partial charge on any atom is -0.344 e. The van der Waals surface area contributed by atoms with Crippen molar-refractivity contribution >= 4 is 17.0 Å². The predicted octanol–water partition coefficient (Wildman–Crippen LogP) is 1.55. The second-order valence-corrected chi connectivity index (χ2v) is 0. The van der Waals surface area contributed by atoms with E-state index < -0.39 is 0 Å². The summed E-state index contributed by atoms with van der Waals surface area (Å²) in [5.74, 6) is 0. The van der Waals surface area contributed by atoms with Gasteiger partial charge in [0.25, 0.3) is 0 Å². The Kier molecular flexibility index (Phi) is 74500. The normalized spacial score (nSPS) is 0. The molecule has 0 aliphatic heterocycles. The Morgan fingerprint density at radius 3 is 0.375 bits per heavy atom. The van der Waals surface area contributed by atoms with Gasteiger partial charge in [0, 0.05) is 16.8 Å². The molecule has 8 heavy (non-hydrogen) atoms. The van der Waals surface area contributed by atoms with Gasteiger partial charge in [0.1, 0.15) is 0 Å². The second kappa shape index (κ2) is 633. The van der Waals surface area contributed by atoms with Gasteiger partial charge in [-0.15, -0.1) is 17.0 Å². The van der Waals surface area contributed by atoms with Gasteiger partial charge in [-0.25, -0.2) is 0 Å². The molecule has 1 radical (unpaired) electrons. The molecule has 0 aromatic carbocycles. The Morgan fingerprint density at radius 1 is 0.375 bits per heavy atom. The van der Waals surface area contributed by atoms with Crippen molar-refractivity contribution in [3.63, 3.8) is 0 Å². The summed E-state index contributed by atoms with van der Waals surface area (Å²) in [7, 11) is 0. The summed E-state index contributed by atoms with van der Waals surface area (Å²) in [6.45, 7) is 0. The first-order valence-electron chi connectivity index (χ1n) is 0.